The van der Waals surface area contributed by atoms with Crippen molar-refractivity contribution in [3.05, 3.63) is 18.3 Å². The fourth-order valence-corrected chi connectivity index (χ4v) is 3.51. The summed E-state index contributed by atoms with van der Waals surface area (Å²) in [6, 6.07) is 3.97. The molecular weight excluding hydrogens is 292 g/mol. The molecule has 0 amide bonds. The van der Waals surface area contributed by atoms with E-state index in [2.05, 4.69) is 26.2 Å². The molecule has 2 saturated heterocycles. The van der Waals surface area contributed by atoms with Crippen LogP contribution in [0.2, 0.25) is 0 Å². The standard InChI is InChI=1S/C17H28N4O2/c1-23-17-3-2-15(12-19-17)21-10-8-20(9-11-21)13-16(22)14-4-6-18-7-5-14/h2-3,12,14,16,18,22H,4-11,13H2,1H3. The Kier molecular flexibility index (Phi) is 5.70. The summed E-state index contributed by atoms with van der Waals surface area (Å²) in [6.07, 6.45) is 3.88. The summed E-state index contributed by atoms with van der Waals surface area (Å²) in [5, 5.41) is 13.8. The van der Waals surface area contributed by atoms with Gasteiger partial charge in [-0.05, 0) is 37.9 Å². The zero-order valence-corrected chi connectivity index (χ0v) is 13.9. The summed E-state index contributed by atoms with van der Waals surface area (Å²) in [4.78, 5) is 9.01. The Morgan fingerprint density at radius 1 is 1.26 bits per heavy atom. The molecule has 0 spiro atoms. The molecule has 128 valence electrons. The van der Waals surface area contributed by atoms with Gasteiger partial charge < -0.3 is 20.1 Å². The van der Waals surface area contributed by atoms with Crippen LogP contribution in [0.4, 0.5) is 5.69 Å². The number of hydrogen-bond donors (Lipinski definition) is 2. The van der Waals surface area contributed by atoms with Gasteiger partial charge in [0.05, 0.1) is 25.1 Å². The van der Waals surface area contributed by atoms with E-state index >= 15 is 0 Å². The number of ether oxygens (including phenoxy) is 1. The zero-order chi connectivity index (χ0) is 16.1. The number of aromatic nitrogens is 1. The van der Waals surface area contributed by atoms with Crippen molar-refractivity contribution in [1.29, 1.82) is 0 Å². The van der Waals surface area contributed by atoms with Crippen molar-refractivity contribution in [3.63, 3.8) is 0 Å². The van der Waals surface area contributed by atoms with Crippen LogP contribution in [0.25, 0.3) is 0 Å². The number of aliphatic hydroxyl groups excluding tert-OH is 1. The van der Waals surface area contributed by atoms with E-state index in [0.717, 1.165) is 64.3 Å². The van der Waals surface area contributed by atoms with Crippen LogP contribution in [0.5, 0.6) is 5.88 Å². The molecule has 23 heavy (non-hydrogen) atoms. The number of piperazine rings is 1. The third-order valence-corrected chi connectivity index (χ3v) is 5.04. The second-order valence-corrected chi connectivity index (χ2v) is 6.50. The van der Waals surface area contributed by atoms with E-state index < -0.39 is 0 Å². The Labute approximate surface area is 138 Å². The van der Waals surface area contributed by atoms with Gasteiger partial charge in [-0.1, -0.05) is 0 Å². The molecule has 2 fully saturated rings. The van der Waals surface area contributed by atoms with Gasteiger partial charge in [0.15, 0.2) is 0 Å². The number of nitrogens with zero attached hydrogens (tertiary/aromatic N) is 3. The van der Waals surface area contributed by atoms with Gasteiger partial charge in [0.25, 0.3) is 0 Å². The number of anilines is 1. The van der Waals surface area contributed by atoms with E-state index in [0.29, 0.717) is 11.8 Å². The summed E-state index contributed by atoms with van der Waals surface area (Å²) in [5.41, 5.74) is 1.14. The molecule has 1 aromatic rings. The molecule has 2 aliphatic heterocycles. The Morgan fingerprint density at radius 3 is 2.61 bits per heavy atom. The monoisotopic (exact) mass is 320 g/mol. The van der Waals surface area contributed by atoms with Gasteiger partial charge in [-0.15, -0.1) is 0 Å². The number of rotatable bonds is 5. The lowest BCUT2D eigenvalue weighted by Crippen LogP contribution is -2.50. The molecule has 0 bridgehead atoms. The minimum absolute atomic E-state index is 0.189. The molecule has 2 aliphatic rings. The van der Waals surface area contributed by atoms with Crippen molar-refractivity contribution < 1.29 is 9.84 Å². The summed E-state index contributed by atoms with van der Waals surface area (Å²) in [6.45, 7) is 6.83. The minimum Gasteiger partial charge on any atom is -0.481 e. The molecule has 1 atom stereocenters. The van der Waals surface area contributed by atoms with Crippen molar-refractivity contribution in [1.82, 2.24) is 15.2 Å². The van der Waals surface area contributed by atoms with Crippen LogP contribution in [0, 0.1) is 5.92 Å². The van der Waals surface area contributed by atoms with E-state index in [-0.39, 0.29) is 6.10 Å². The number of aliphatic hydroxyl groups is 1. The Balaban J connectivity index is 1.45. The van der Waals surface area contributed by atoms with E-state index in [1.807, 2.05) is 12.3 Å². The number of nitrogens with one attached hydrogen (secondary N) is 1. The average molecular weight is 320 g/mol. The van der Waals surface area contributed by atoms with Crippen LogP contribution >= 0.6 is 0 Å². The largest absolute Gasteiger partial charge is 0.481 e. The van der Waals surface area contributed by atoms with Crippen molar-refractivity contribution >= 4 is 5.69 Å². The fraction of sp³-hybridized carbons (Fsp3) is 0.706. The van der Waals surface area contributed by atoms with E-state index in [9.17, 15) is 5.11 Å². The third kappa shape index (κ3) is 4.34. The SMILES string of the molecule is COc1ccc(N2CCN(CC(O)C3CCNCC3)CC2)cn1. The molecule has 0 aliphatic carbocycles. The molecular formula is C17H28N4O2. The Hall–Kier alpha value is -1.37. The van der Waals surface area contributed by atoms with Crippen molar-refractivity contribution in [2.24, 2.45) is 5.92 Å². The molecule has 0 saturated carbocycles. The highest BCUT2D eigenvalue weighted by molar-refractivity contribution is 5.45. The van der Waals surface area contributed by atoms with Gasteiger partial charge in [-0.25, -0.2) is 4.98 Å². The molecule has 1 unspecified atom stereocenters. The maximum atomic E-state index is 10.5. The fourth-order valence-electron chi connectivity index (χ4n) is 3.51. The molecule has 1 aromatic heterocycles. The first-order valence-electron chi connectivity index (χ1n) is 8.62. The maximum Gasteiger partial charge on any atom is 0.213 e. The lowest BCUT2D eigenvalue weighted by atomic mass is 9.92. The topological polar surface area (TPSA) is 60.9 Å². The van der Waals surface area contributed by atoms with Crippen molar-refractivity contribution in [3.8, 4) is 5.88 Å². The number of hydrogen-bond acceptors (Lipinski definition) is 6. The second-order valence-electron chi connectivity index (χ2n) is 6.50. The van der Waals surface area contributed by atoms with Crippen LogP contribution in [-0.2, 0) is 0 Å². The highest BCUT2D eigenvalue weighted by atomic mass is 16.5. The van der Waals surface area contributed by atoms with Crippen LogP contribution in [-0.4, -0.2) is 74.0 Å². The number of piperidine rings is 1. The summed E-state index contributed by atoms with van der Waals surface area (Å²) in [5.74, 6) is 1.11. The third-order valence-electron chi connectivity index (χ3n) is 5.04. The zero-order valence-electron chi connectivity index (χ0n) is 13.9. The predicted octanol–water partition coefficient (Wildman–Crippen LogP) is 0.573. The van der Waals surface area contributed by atoms with Gasteiger partial charge in [0, 0.05) is 38.8 Å². The Morgan fingerprint density at radius 2 is 2.00 bits per heavy atom. The predicted molar refractivity (Wildman–Crippen MR) is 91.0 cm³/mol. The second kappa shape index (κ2) is 7.95. The molecule has 6 heteroatoms. The molecule has 0 radical (unpaired) electrons. The van der Waals surface area contributed by atoms with Crippen molar-refractivity contribution in [2.45, 2.75) is 18.9 Å². The van der Waals surface area contributed by atoms with Gasteiger partial charge >= 0.3 is 0 Å². The smallest absolute Gasteiger partial charge is 0.213 e. The lowest BCUT2D eigenvalue weighted by Gasteiger charge is -2.38. The molecule has 3 rings (SSSR count). The quantitative estimate of drug-likeness (QED) is 0.827. The first-order valence-corrected chi connectivity index (χ1v) is 8.62. The molecule has 6 nitrogen and oxygen atoms in total. The van der Waals surface area contributed by atoms with Gasteiger partial charge in [-0.2, -0.15) is 0 Å². The van der Waals surface area contributed by atoms with E-state index in [1.54, 1.807) is 7.11 Å². The first-order chi connectivity index (χ1) is 11.3. The summed E-state index contributed by atoms with van der Waals surface area (Å²) in [7, 11) is 1.63. The van der Waals surface area contributed by atoms with Gasteiger partial charge in [-0.3, -0.25) is 4.90 Å². The summed E-state index contributed by atoms with van der Waals surface area (Å²) < 4.78 is 5.10. The molecule has 3 heterocycles. The van der Waals surface area contributed by atoms with Crippen LogP contribution in [0.15, 0.2) is 18.3 Å². The molecule has 0 aromatic carbocycles. The normalized spacial score (nSPS) is 22.1. The average Bonchev–Trinajstić information content (AvgIpc) is 2.63. The van der Waals surface area contributed by atoms with Gasteiger partial charge in [0.2, 0.25) is 5.88 Å². The summed E-state index contributed by atoms with van der Waals surface area (Å²) >= 11 is 0. The highest BCUT2D eigenvalue weighted by Gasteiger charge is 2.25. The van der Waals surface area contributed by atoms with Crippen LogP contribution in [0.1, 0.15) is 12.8 Å². The maximum absolute atomic E-state index is 10.5. The minimum atomic E-state index is -0.189. The van der Waals surface area contributed by atoms with Crippen LogP contribution in [0.3, 0.4) is 0 Å². The number of pyridine rings is 1. The lowest BCUT2D eigenvalue weighted by molar-refractivity contribution is 0.0488. The van der Waals surface area contributed by atoms with Crippen LogP contribution < -0.4 is 15.0 Å². The van der Waals surface area contributed by atoms with E-state index in [4.69, 9.17) is 4.74 Å². The number of β-amino-alcohol motifs (C(OH)–C–C–N with tert-alkyl or cyclic N) is 1. The number of methoxy groups -OCH3 is 1. The van der Waals surface area contributed by atoms with Crippen molar-refractivity contribution in [2.75, 3.05) is 57.8 Å². The van der Waals surface area contributed by atoms with Gasteiger partial charge in [0.1, 0.15) is 0 Å². The Bertz CT molecular complexity index is 468. The first kappa shape index (κ1) is 16.5. The highest BCUT2D eigenvalue weighted by Crippen LogP contribution is 2.20. The van der Waals surface area contributed by atoms with E-state index in [1.165, 1.54) is 0 Å². The molecule has 2 N–H and O–H groups in total.